The lowest BCUT2D eigenvalue weighted by atomic mass is 10.0. The molecule has 4 nitrogen and oxygen atoms in total. The van der Waals surface area contributed by atoms with Gasteiger partial charge in [-0.15, -0.1) is 0 Å². The van der Waals surface area contributed by atoms with Gasteiger partial charge >= 0.3 is 0 Å². The minimum absolute atomic E-state index is 0.209. The number of carbonyl (C=O) groups excluding carboxylic acids is 1. The fourth-order valence-electron chi connectivity index (χ4n) is 3.03. The quantitative estimate of drug-likeness (QED) is 0.877. The van der Waals surface area contributed by atoms with E-state index in [9.17, 15) is 14.0 Å². The van der Waals surface area contributed by atoms with E-state index < -0.39 is 5.82 Å². The Kier molecular flexibility index (Phi) is 3.08. The number of fused-ring (bicyclic) bond motifs is 1. The molecule has 2 heterocycles. The highest BCUT2D eigenvalue weighted by Crippen LogP contribution is 2.30. The Hall–Kier alpha value is -2.17. The second-order valence-corrected chi connectivity index (χ2v) is 6.11. The van der Waals surface area contributed by atoms with Crippen LogP contribution < -0.4 is 5.56 Å². The second kappa shape index (κ2) is 4.69. The molecule has 1 aliphatic rings. The van der Waals surface area contributed by atoms with E-state index >= 15 is 0 Å². The van der Waals surface area contributed by atoms with Crippen molar-refractivity contribution >= 4 is 16.8 Å². The molecule has 0 spiro atoms. The maximum atomic E-state index is 13.5. The first-order valence-corrected chi connectivity index (χ1v) is 7.03. The molecule has 5 heteroatoms. The van der Waals surface area contributed by atoms with E-state index in [1.54, 1.807) is 4.90 Å². The molecule has 1 N–H and O–H groups in total. The lowest BCUT2D eigenvalue weighted by Gasteiger charge is -2.32. The van der Waals surface area contributed by atoms with Gasteiger partial charge in [0.15, 0.2) is 0 Å². The summed E-state index contributed by atoms with van der Waals surface area (Å²) in [4.78, 5) is 28.9. The van der Waals surface area contributed by atoms with Crippen LogP contribution in [0.25, 0.3) is 10.9 Å². The Bertz CT molecular complexity index is 779. The van der Waals surface area contributed by atoms with Crippen LogP contribution in [-0.4, -0.2) is 27.9 Å². The fourth-order valence-corrected chi connectivity index (χ4v) is 3.03. The molecule has 1 fully saturated rings. The number of nitrogens with one attached hydrogen (secondary N) is 1. The summed E-state index contributed by atoms with van der Waals surface area (Å²) in [6.07, 6.45) is 1.86. The first kappa shape index (κ1) is 13.8. The Balaban J connectivity index is 2.17. The van der Waals surface area contributed by atoms with E-state index in [2.05, 4.69) is 4.98 Å². The number of pyridine rings is 1. The molecule has 0 atom stereocenters. The third-order valence-electron chi connectivity index (χ3n) is 4.18. The molecule has 3 rings (SSSR count). The first-order valence-electron chi connectivity index (χ1n) is 7.03. The Morgan fingerprint density at radius 3 is 2.76 bits per heavy atom. The number of carbonyl (C=O) groups is 1. The van der Waals surface area contributed by atoms with Crippen LogP contribution in [0, 0.1) is 5.82 Å². The summed E-state index contributed by atoms with van der Waals surface area (Å²) < 4.78 is 13.5. The number of benzene rings is 1. The van der Waals surface area contributed by atoms with Crippen LogP contribution in [0.5, 0.6) is 0 Å². The lowest BCUT2D eigenvalue weighted by Crippen LogP contribution is -2.43. The highest BCUT2D eigenvalue weighted by Gasteiger charge is 2.36. The molecule has 1 aromatic heterocycles. The van der Waals surface area contributed by atoms with E-state index in [0.29, 0.717) is 17.4 Å². The summed E-state index contributed by atoms with van der Waals surface area (Å²) in [6, 6.07) is 5.31. The van der Waals surface area contributed by atoms with Crippen molar-refractivity contribution in [2.75, 3.05) is 6.54 Å². The molecule has 1 aliphatic heterocycles. The minimum atomic E-state index is -0.427. The smallest absolute Gasteiger partial charge is 0.255 e. The number of aromatic amines is 1. The predicted octanol–water partition coefficient (Wildman–Crippen LogP) is 2.68. The number of hydrogen-bond donors (Lipinski definition) is 1. The molecule has 110 valence electrons. The van der Waals surface area contributed by atoms with E-state index in [0.717, 1.165) is 12.8 Å². The number of rotatable bonds is 1. The maximum Gasteiger partial charge on any atom is 0.255 e. The van der Waals surface area contributed by atoms with Crippen molar-refractivity contribution in [3.8, 4) is 0 Å². The summed E-state index contributed by atoms with van der Waals surface area (Å²) in [6.45, 7) is 4.68. The third kappa shape index (κ3) is 2.33. The van der Waals surface area contributed by atoms with E-state index in [1.807, 2.05) is 13.8 Å². The number of hydrogen-bond acceptors (Lipinski definition) is 2. The standard InChI is InChI=1S/C16H17FN2O2/c1-16(2)6-3-7-19(16)15(21)12-9-14(20)18-13-5-4-10(17)8-11(12)13/h4-5,8-9H,3,6-7H2,1-2H3,(H,18,20). The third-order valence-corrected chi connectivity index (χ3v) is 4.18. The summed E-state index contributed by atoms with van der Waals surface area (Å²) in [5.41, 5.74) is 0.154. The van der Waals surface area contributed by atoms with E-state index in [-0.39, 0.29) is 22.6 Å². The molecule has 1 amide bonds. The number of aromatic nitrogens is 1. The average Bonchev–Trinajstić information content (AvgIpc) is 2.77. The normalized spacial score (nSPS) is 17.4. The molecule has 0 unspecified atom stereocenters. The zero-order valence-corrected chi connectivity index (χ0v) is 12.1. The van der Waals surface area contributed by atoms with E-state index in [1.165, 1.54) is 24.3 Å². The number of halogens is 1. The van der Waals surface area contributed by atoms with Gasteiger partial charge in [0, 0.05) is 29.1 Å². The largest absolute Gasteiger partial charge is 0.334 e. The molecule has 0 radical (unpaired) electrons. The van der Waals surface area contributed by atoms with Gasteiger partial charge in [-0.3, -0.25) is 9.59 Å². The Morgan fingerprint density at radius 1 is 1.33 bits per heavy atom. The molecule has 0 aliphatic carbocycles. The van der Waals surface area contributed by atoms with Gasteiger partial charge in [-0.1, -0.05) is 0 Å². The first-order chi connectivity index (χ1) is 9.88. The molecule has 1 aromatic carbocycles. The average molecular weight is 288 g/mol. The minimum Gasteiger partial charge on any atom is -0.334 e. The molecule has 21 heavy (non-hydrogen) atoms. The van der Waals surface area contributed by atoms with Crippen molar-refractivity contribution < 1.29 is 9.18 Å². The van der Waals surface area contributed by atoms with Crippen molar-refractivity contribution in [2.45, 2.75) is 32.2 Å². The number of amides is 1. The topological polar surface area (TPSA) is 53.2 Å². The molecule has 0 saturated carbocycles. The molecule has 2 aromatic rings. The number of H-pyrrole nitrogens is 1. The number of nitrogens with zero attached hydrogens (tertiary/aromatic N) is 1. The van der Waals surface area contributed by atoms with Gasteiger partial charge in [-0.05, 0) is 44.9 Å². The molecular formula is C16H17FN2O2. The summed E-state index contributed by atoms with van der Waals surface area (Å²) in [5, 5.41) is 0.447. The predicted molar refractivity (Wildman–Crippen MR) is 78.9 cm³/mol. The van der Waals surface area contributed by atoms with Gasteiger partial charge in [0.1, 0.15) is 5.82 Å². The summed E-state index contributed by atoms with van der Waals surface area (Å²) in [5.74, 6) is -0.636. The SMILES string of the molecule is CC1(C)CCCN1C(=O)c1cc(=O)[nH]c2ccc(F)cc12. The Labute approximate surface area is 121 Å². The van der Waals surface area contributed by atoms with Crippen LogP contribution in [-0.2, 0) is 0 Å². The van der Waals surface area contributed by atoms with Gasteiger partial charge < -0.3 is 9.88 Å². The van der Waals surface area contributed by atoms with Crippen molar-refractivity contribution in [3.05, 3.63) is 46.0 Å². The van der Waals surface area contributed by atoms with Crippen LogP contribution in [0.3, 0.4) is 0 Å². The van der Waals surface area contributed by atoms with Crippen LogP contribution in [0.15, 0.2) is 29.1 Å². The van der Waals surface area contributed by atoms with Gasteiger partial charge in [-0.2, -0.15) is 0 Å². The fraction of sp³-hybridized carbons (Fsp3) is 0.375. The van der Waals surface area contributed by atoms with Crippen molar-refractivity contribution in [2.24, 2.45) is 0 Å². The Morgan fingerprint density at radius 2 is 2.10 bits per heavy atom. The second-order valence-electron chi connectivity index (χ2n) is 6.11. The number of likely N-dealkylation sites (tertiary alicyclic amines) is 1. The highest BCUT2D eigenvalue weighted by molar-refractivity contribution is 6.06. The van der Waals surface area contributed by atoms with Crippen LogP contribution in [0.4, 0.5) is 4.39 Å². The van der Waals surface area contributed by atoms with Crippen molar-refractivity contribution in [1.82, 2.24) is 9.88 Å². The maximum absolute atomic E-state index is 13.5. The van der Waals surface area contributed by atoms with Crippen LogP contribution >= 0.6 is 0 Å². The summed E-state index contributed by atoms with van der Waals surface area (Å²) in [7, 11) is 0. The van der Waals surface area contributed by atoms with Gasteiger partial charge in [0.25, 0.3) is 5.91 Å². The van der Waals surface area contributed by atoms with Gasteiger partial charge in [-0.25, -0.2) is 4.39 Å². The molecular weight excluding hydrogens is 271 g/mol. The zero-order valence-electron chi connectivity index (χ0n) is 12.1. The molecule has 1 saturated heterocycles. The zero-order chi connectivity index (χ0) is 15.2. The van der Waals surface area contributed by atoms with Crippen molar-refractivity contribution in [3.63, 3.8) is 0 Å². The van der Waals surface area contributed by atoms with Gasteiger partial charge in [0.2, 0.25) is 5.56 Å². The lowest BCUT2D eigenvalue weighted by molar-refractivity contribution is 0.0654. The highest BCUT2D eigenvalue weighted by atomic mass is 19.1. The van der Waals surface area contributed by atoms with E-state index in [4.69, 9.17) is 0 Å². The van der Waals surface area contributed by atoms with Crippen molar-refractivity contribution in [1.29, 1.82) is 0 Å². The van der Waals surface area contributed by atoms with Crippen LogP contribution in [0.1, 0.15) is 37.0 Å². The van der Waals surface area contributed by atoms with Crippen LogP contribution in [0.2, 0.25) is 0 Å². The molecule has 0 bridgehead atoms. The van der Waals surface area contributed by atoms with Gasteiger partial charge in [0.05, 0.1) is 5.56 Å². The monoisotopic (exact) mass is 288 g/mol. The summed E-state index contributed by atoms with van der Waals surface area (Å²) >= 11 is 0.